The second kappa shape index (κ2) is 10.8. The molecule has 3 N–H and O–H groups in total. The highest BCUT2D eigenvalue weighted by Crippen LogP contribution is 2.05. The van der Waals surface area contributed by atoms with E-state index in [-0.39, 0.29) is 12.5 Å². The maximum absolute atomic E-state index is 12.1. The molecule has 0 saturated carbocycles. The molecule has 1 aromatic heterocycles. The van der Waals surface area contributed by atoms with Gasteiger partial charge in [0.15, 0.2) is 0 Å². The van der Waals surface area contributed by atoms with Crippen LogP contribution in [0, 0.1) is 11.8 Å². The summed E-state index contributed by atoms with van der Waals surface area (Å²) in [6.07, 6.45) is 3.87. The number of carbonyl (C=O) groups excluding carboxylic acids is 1. The van der Waals surface area contributed by atoms with Crippen LogP contribution in [0.5, 0.6) is 0 Å². The molecule has 6 heteroatoms. The Balaban J connectivity index is 2.38. The summed E-state index contributed by atoms with van der Waals surface area (Å²) < 4.78 is 10.2. The number of methoxy groups -OCH3 is 1. The third-order valence-electron chi connectivity index (χ3n) is 2.57. The first-order valence-electron chi connectivity index (χ1n) is 6.77. The van der Waals surface area contributed by atoms with Gasteiger partial charge in [-0.05, 0) is 12.5 Å². The number of nitrogens with zero attached hydrogens (tertiary/aromatic N) is 1. The molecular formula is C15H21N3O3. The zero-order chi connectivity index (χ0) is 15.3. The van der Waals surface area contributed by atoms with Crippen molar-refractivity contribution in [2.45, 2.75) is 6.42 Å². The van der Waals surface area contributed by atoms with Gasteiger partial charge in [-0.15, -0.1) is 0 Å². The molecule has 0 bridgehead atoms. The maximum atomic E-state index is 12.1. The van der Waals surface area contributed by atoms with Crippen LogP contribution in [0.4, 0.5) is 0 Å². The summed E-state index contributed by atoms with van der Waals surface area (Å²) in [4.78, 5) is 16.0. The number of carbonyl (C=O) groups is 1. The molecule has 0 radical (unpaired) electrons. The van der Waals surface area contributed by atoms with E-state index in [9.17, 15) is 4.79 Å². The SMILES string of the molecule is COCCOCCCNC(=O)c1ccncc1C#CCN. The molecule has 0 atom stereocenters. The third-order valence-corrected chi connectivity index (χ3v) is 2.57. The van der Waals surface area contributed by atoms with Gasteiger partial charge in [-0.25, -0.2) is 0 Å². The molecule has 0 aliphatic carbocycles. The lowest BCUT2D eigenvalue weighted by Crippen LogP contribution is -2.26. The average Bonchev–Trinajstić information content (AvgIpc) is 2.52. The summed E-state index contributed by atoms with van der Waals surface area (Å²) >= 11 is 0. The molecular weight excluding hydrogens is 270 g/mol. The fourth-order valence-electron chi connectivity index (χ4n) is 1.55. The Bertz CT molecular complexity index is 494. The van der Waals surface area contributed by atoms with Gasteiger partial charge in [-0.2, -0.15) is 0 Å². The Morgan fingerprint density at radius 1 is 1.43 bits per heavy atom. The molecule has 21 heavy (non-hydrogen) atoms. The molecule has 1 amide bonds. The second-order valence-corrected chi connectivity index (χ2v) is 4.14. The van der Waals surface area contributed by atoms with Gasteiger partial charge in [0.25, 0.3) is 5.91 Å². The Kier molecular flexibility index (Phi) is 8.80. The fourth-order valence-corrected chi connectivity index (χ4v) is 1.55. The quantitative estimate of drug-likeness (QED) is 0.527. The van der Waals surface area contributed by atoms with E-state index < -0.39 is 0 Å². The molecule has 0 saturated heterocycles. The Morgan fingerprint density at radius 2 is 2.29 bits per heavy atom. The van der Waals surface area contributed by atoms with Gasteiger partial charge >= 0.3 is 0 Å². The first-order chi connectivity index (χ1) is 10.3. The number of hydrogen-bond acceptors (Lipinski definition) is 5. The van der Waals surface area contributed by atoms with E-state index in [2.05, 4.69) is 22.1 Å². The summed E-state index contributed by atoms with van der Waals surface area (Å²) in [7, 11) is 1.63. The van der Waals surface area contributed by atoms with E-state index in [1.807, 2.05) is 0 Å². The molecule has 0 unspecified atom stereocenters. The van der Waals surface area contributed by atoms with Crippen LogP contribution < -0.4 is 11.1 Å². The van der Waals surface area contributed by atoms with Crippen LogP contribution >= 0.6 is 0 Å². The molecule has 0 aliphatic heterocycles. The van der Waals surface area contributed by atoms with Crippen molar-refractivity contribution in [1.29, 1.82) is 0 Å². The van der Waals surface area contributed by atoms with Gasteiger partial charge in [0, 0.05) is 32.7 Å². The predicted molar refractivity (Wildman–Crippen MR) is 79.8 cm³/mol. The van der Waals surface area contributed by atoms with Crippen LogP contribution in [-0.4, -0.2) is 50.9 Å². The van der Waals surface area contributed by atoms with E-state index in [4.69, 9.17) is 15.2 Å². The van der Waals surface area contributed by atoms with Crippen molar-refractivity contribution in [1.82, 2.24) is 10.3 Å². The van der Waals surface area contributed by atoms with Crippen LogP contribution in [0.1, 0.15) is 22.3 Å². The highest BCUT2D eigenvalue weighted by molar-refractivity contribution is 5.96. The first kappa shape index (κ1) is 17.1. The predicted octanol–water partition coefficient (Wildman–Crippen LogP) is 0.175. The van der Waals surface area contributed by atoms with Crippen molar-refractivity contribution >= 4 is 5.91 Å². The van der Waals surface area contributed by atoms with Crippen molar-refractivity contribution in [3.63, 3.8) is 0 Å². The van der Waals surface area contributed by atoms with Crippen LogP contribution in [0.25, 0.3) is 0 Å². The normalized spacial score (nSPS) is 9.81. The summed E-state index contributed by atoms with van der Waals surface area (Å²) in [6.45, 7) is 2.51. The van der Waals surface area contributed by atoms with Gasteiger partial charge in [-0.1, -0.05) is 11.8 Å². The zero-order valence-corrected chi connectivity index (χ0v) is 12.2. The van der Waals surface area contributed by atoms with E-state index in [1.54, 1.807) is 25.6 Å². The van der Waals surface area contributed by atoms with Crippen LogP contribution in [-0.2, 0) is 9.47 Å². The number of amides is 1. The summed E-state index contributed by atoms with van der Waals surface area (Å²) in [6, 6.07) is 1.64. The van der Waals surface area contributed by atoms with Crippen molar-refractivity contribution < 1.29 is 14.3 Å². The molecule has 1 rings (SSSR count). The van der Waals surface area contributed by atoms with Crippen molar-refractivity contribution in [3.8, 4) is 11.8 Å². The Morgan fingerprint density at radius 3 is 3.05 bits per heavy atom. The van der Waals surface area contributed by atoms with E-state index in [0.29, 0.717) is 37.5 Å². The average molecular weight is 291 g/mol. The topological polar surface area (TPSA) is 86.5 Å². The number of aromatic nitrogens is 1. The van der Waals surface area contributed by atoms with Gasteiger partial charge in [-0.3, -0.25) is 9.78 Å². The largest absolute Gasteiger partial charge is 0.382 e. The first-order valence-corrected chi connectivity index (χ1v) is 6.77. The highest BCUT2D eigenvalue weighted by Gasteiger charge is 2.09. The van der Waals surface area contributed by atoms with E-state index in [0.717, 1.165) is 6.42 Å². The summed E-state index contributed by atoms with van der Waals surface area (Å²) in [5.41, 5.74) is 6.42. The number of pyridine rings is 1. The minimum atomic E-state index is -0.171. The molecule has 0 spiro atoms. The number of nitrogens with one attached hydrogen (secondary N) is 1. The van der Waals surface area contributed by atoms with Crippen molar-refractivity contribution in [2.75, 3.05) is 40.0 Å². The van der Waals surface area contributed by atoms with Crippen LogP contribution in [0.2, 0.25) is 0 Å². The molecule has 1 aromatic rings. The Labute approximate surface area is 125 Å². The molecule has 0 fully saturated rings. The lowest BCUT2D eigenvalue weighted by atomic mass is 10.1. The number of ether oxygens (including phenoxy) is 2. The fraction of sp³-hybridized carbons (Fsp3) is 0.467. The minimum absolute atomic E-state index is 0.171. The molecule has 114 valence electrons. The monoisotopic (exact) mass is 291 g/mol. The highest BCUT2D eigenvalue weighted by atomic mass is 16.5. The molecule has 0 aliphatic rings. The van der Waals surface area contributed by atoms with Crippen LogP contribution in [0.3, 0.4) is 0 Å². The van der Waals surface area contributed by atoms with E-state index >= 15 is 0 Å². The standard InChI is InChI=1S/C15H21N3O3/c1-20-10-11-21-9-3-7-18-15(19)14-5-8-17-12-13(14)4-2-6-16/h5,8,12H,3,6-7,9-11,16H2,1H3,(H,18,19). The number of nitrogens with two attached hydrogens (primary N) is 1. The summed E-state index contributed by atoms with van der Waals surface area (Å²) in [5, 5.41) is 2.83. The molecule has 6 nitrogen and oxygen atoms in total. The van der Waals surface area contributed by atoms with Crippen molar-refractivity contribution in [3.05, 3.63) is 29.6 Å². The van der Waals surface area contributed by atoms with Crippen molar-refractivity contribution in [2.24, 2.45) is 5.73 Å². The number of rotatable bonds is 8. The molecule has 0 aromatic carbocycles. The Hall–Kier alpha value is -1.94. The lowest BCUT2D eigenvalue weighted by Gasteiger charge is -2.07. The molecule has 1 heterocycles. The van der Waals surface area contributed by atoms with E-state index in [1.165, 1.54) is 0 Å². The van der Waals surface area contributed by atoms with Gasteiger partial charge < -0.3 is 20.5 Å². The lowest BCUT2D eigenvalue weighted by molar-refractivity contribution is 0.0688. The van der Waals surface area contributed by atoms with Gasteiger partial charge in [0.05, 0.1) is 30.9 Å². The van der Waals surface area contributed by atoms with Gasteiger partial charge in [0.1, 0.15) is 0 Å². The van der Waals surface area contributed by atoms with Crippen LogP contribution in [0.15, 0.2) is 18.5 Å². The zero-order valence-electron chi connectivity index (χ0n) is 12.2. The minimum Gasteiger partial charge on any atom is -0.382 e. The maximum Gasteiger partial charge on any atom is 0.252 e. The second-order valence-electron chi connectivity index (χ2n) is 4.14. The third kappa shape index (κ3) is 6.86. The smallest absolute Gasteiger partial charge is 0.252 e. The number of hydrogen-bond donors (Lipinski definition) is 2. The van der Waals surface area contributed by atoms with Gasteiger partial charge in [0.2, 0.25) is 0 Å². The summed E-state index contributed by atoms with van der Waals surface area (Å²) in [5.74, 6) is 5.39.